The number of nitrogens with zero attached hydrogens (tertiary/aromatic N) is 4. The third-order valence-corrected chi connectivity index (χ3v) is 33.2. The lowest BCUT2D eigenvalue weighted by molar-refractivity contribution is 0.300. The van der Waals surface area contributed by atoms with E-state index in [0.29, 0.717) is 6.61 Å². The molecule has 8 bridgehead atoms. The lowest BCUT2D eigenvalue weighted by atomic mass is 9.53. The van der Waals surface area contributed by atoms with Crippen molar-refractivity contribution in [1.82, 2.24) is 17.5 Å². The molecule has 10 heteroatoms. The Bertz CT molecular complexity index is 6380. The molecule has 0 unspecified atom stereocenters. The van der Waals surface area contributed by atoms with Gasteiger partial charge in [-0.1, -0.05) is 379 Å². The highest BCUT2D eigenvalue weighted by Crippen LogP contribution is 2.67. The fourth-order valence-electron chi connectivity index (χ4n) is 24.1. The smallest absolute Gasteiger partial charge is 0.138 e. The lowest BCUT2D eigenvalue weighted by Crippen LogP contribution is -2.35. The van der Waals surface area contributed by atoms with Gasteiger partial charge in [-0.15, -0.1) is 18.8 Å². The van der Waals surface area contributed by atoms with E-state index in [4.69, 9.17) is 31.1 Å². The van der Waals surface area contributed by atoms with Crippen LogP contribution in [0, 0.1) is 76.3 Å². The highest BCUT2D eigenvalue weighted by Gasteiger charge is 2.53. The minimum absolute atomic E-state index is 0.0369. The molecule has 12 aliphatic rings. The van der Waals surface area contributed by atoms with E-state index in [-0.39, 0.29) is 47.3 Å². The molecule has 0 saturated carbocycles. The summed E-state index contributed by atoms with van der Waals surface area (Å²) in [4.78, 5) is 0. The Balaban J connectivity index is 0.000000137. The van der Waals surface area contributed by atoms with Crippen LogP contribution in [0.4, 0.5) is 0 Å². The molecule has 0 spiro atoms. The molecule has 26 rings (SSSR count). The Morgan fingerprint density at radius 1 is 0.269 bits per heavy atom. The standard InChI is InChI=1S/C61H58N2OS.C38H22.C21H32I2N2OS/c1-5-7-8-9-10-11-12-13-14-15-16-25-37-64-61-38(3)40(60-59(39(61)4)62-65-63-60)35-36-50-57-53-45-31-21-17-27-41(45)51(42-28-18-22-32-46(42)53)55(57)49(26-6-2)56-52-43-29-19-23-33-47(43)54(58(50)56)48-34-24-20-30-44(48)52;1-3-21-35-31-23-13-5-9-17-27(23)33(28-18-10-6-14-24(28)31)37(35)22(4-2)38-34-29-19-11-7-15-25(29)32(36(21)38)26-16-8-12-20-30(26)34;1-3-4-5-6-7-8-9-10-11-12-13-14-15-26-21-16(2)17(22)19-20(18(21)23)25-27-24-19/h17-24,27-34,51-54H,5,7-16,25,37H2,1-4H3;1-2,5-20,31-34H;3-15H2,1-2H3. The average Bonchev–Trinajstić information content (AvgIpc) is 0.776. The molecule has 650 valence electrons. The Kier molecular flexibility index (Phi) is 26.1. The van der Waals surface area contributed by atoms with Crippen molar-refractivity contribution in [2.45, 2.75) is 243 Å². The third kappa shape index (κ3) is 15.3. The molecule has 12 aromatic carbocycles. The van der Waals surface area contributed by atoms with Crippen LogP contribution in [0.2, 0.25) is 0 Å². The van der Waals surface area contributed by atoms with Crippen molar-refractivity contribution in [2.75, 3.05) is 13.2 Å². The van der Waals surface area contributed by atoms with Gasteiger partial charge in [0.15, 0.2) is 0 Å². The third-order valence-electron chi connectivity index (χ3n) is 29.8. The van der Waals surface area contributed by atoms with E-state index in [1.165, 1.54) is 313 Å². The maximum Gasteiger partial charge on any atom is 0.138 e. The first-order valence-electron chi connectivity index (χ1n) is 48.3. The van der Waals surface area contributed by atoms with Gasteiger partial charge in [-0.2, -0.15) is 17.5 Å². The molecule has 0 aliphatic heterocycles. The van der Waals surface area contributed by atoms with E-state index in [9.17, 15) is 0 Å². The van der Waals surface area contributed by atoms with Crippen LogP contribution in [0.1, 0.15) is 400 Å². The molecule has 0 amide bonds. The van der Waals surface area contributed by atoms with Crippen LogP contribution in [0.25, 0.3) is 22.1 Å². The van der Waals surface area contributed by atoms with Gasteiger partial charge in [0, 0.05) is 89.9 Å². The van der Waals surface area contributed by atoms with Gasteiger partial charge in [0.1, 0.15) is 33.6 Å². The second-order valence-electron chi connectivity index (χ2n) is 37.2. The van der Waals surface area contributed by atoms with E-state index >= 15 is 0 Å². The summed E-state index contributed by atoms with van der Waals surface area (Å²) in [5, 5.41) is 0. The molecule has 0 saturated heterocycles. The van der Waals surface area contributed by atoms with E-state index in [2.05, 4.69) is 318 Å². The van der Waals surface area contributed by atoms with Crippen LogP contribution in [0.3, 0.4) is 0 Å². The predicted octanol–water partition coefficient (Wildman–Crippen LogP) is 31.0. The summed E-state index contributed by atoms with van der Waals surface area (Å²) in [6, 6.07) is 72.2. The molecule has 2 heterocycles. The van der Waals surface area contributed by atoms with Gasteiger partial charge in [0.05, 0.1) is 45.8 Å². The number of hydrogen-bond acceptors (Lipinski definition) is 8. The summed E-state index contributed by atoms with van der Waals surface area (Å²) in [5.74, 6) is 24.2. The minimum atomic E-state index is 0.0369. The number of rotatable bonds is 28. The SMILES string of the molecule is C#Cc1c2c(c(C#C)c3c1C1c4ccccc4C3c3ccccc31)C1c3ccccc3C2c2ccccc21.CC#Cc1c2c(c(C#Cc3c(C)c(OCCCCCCCCCCCCCC)c(C)c4nsnc34)c3c1C1c4ccccc4C3c3ccccc31)C1c3ccccc3C2c2ccccc21.CCCCCCCCCCCCCCOc1c(C)c(I)c2nsnc2c1I. The van der Waals surface area contributed by atoms with Crippen molar-refractivity contribution in [1.29, 1.82) is 0 Å². The van der Waals surface area contributed by atoms with Crippen molar-refractivity contribution in [3.8, 4) is 59.9 Å². The zero-order valence-corrected chi connectivity index (χ0v) is 81.8. The lowest BCUT2D eigenvalue weighted by Gasteiger charge is -2.48. The predicted molar refractivity (Wildman–Crippen MR) is 554 cm³/mol. The molecule has 130 heavy (non-hydrogen) atoms. The number of benzene rings is 12. The molecule has 14 aromatic rings. The number of aryl methyl sites for hydroxylation is 1. The van der Waals surface area contributed by atoms with Crippen LogP contribution in [0.5, 0.6) is 11.5 Å². The summed E-state index contributed by atoms with van der Waals surface area (Å²) in [6.07, 6.45) is 45.3. The fraction of sp³-hybridized carbons (Fsp3) is 0.333. The van der Waals surface area contributed by atoms with Crippen molar-refractivity contribution in [3.05, 3.63) is 379 Å². The van der Waals surface area contributed by atoms with Gasteiger partial charge in [0.25, 0.3) is 0 Å². The Labute approximate surface area is 805 Å². The first kappa shape index (κ1) is 87.6. The first-order chi connectivity index (χ1) is 64.1. The largest absolute Gasteiger partial charge is 0.493 e. The van der Waals surface area contributed by atoms with Gasteiger partial charge in [-0.05, 0) is 219 Å². The van der Waals surface area contributed by atoms with Gasteiger partial charge < -0.3 is 9.47 Å². The van der Waals surface area contributed by atoms with Crippen molar-refractivity contribution >= 4 is 90.7 Å². The zero-order chi connectivity index (χ0) is 88.6. The van der Waals surface area contributed by atoms with E-state index in [0.717, 1.165) is 90.0 Å². The average molecular weight is 1960 g/mol. The highest BCUT2D eigenvalue weighted by molar-refractivity contribution is 14.1. The Morgan fingerprint density at radius 2 is 0.500 bits per heavy atom. The monoisotopic (exact) mass is 1960 g/mol. The van der Waals surface area contributed by atoms with Crippen molar-refractivity contribution in [3.63, 3.8) is 0 Å². The number of unbranched alkanes of at least 4 members (excludes halogenated alkanes) is 22. The molecule has 0 radical (unpaired) electrons. The number of ether oxygens (including phenoxy) is 2. The number of terminal acetylenes is 2. The fourth-order valence-corrected chi connectivity index (χ4v) is 27.1. The van der Waals surface area contributed by atoms with Gasteiger partial charge in [-0.25, -0.2) is 0 Å². The van der Waals surface area contributed by atoms with Gasteiger partial charge in [0.2, 0.25) is 0 Å². The van der Waals surface area contributed by atoms with Crippen LogP contribution in [0.15, 0.2) is 194 Å². The normalized spacial score (nSPS) is 17.4. The second kappa shape index (κ2) is 38.8. The summed E-state index contributed by atoms with van der Waals surface area (Å²) >= 11 is 7.26. The van der Waals surface area contributed by atoms with Crippen LogP contribution in [-0.4, -0.2) is 30.7 Å². The van der Waals surface area contributed by atoms with Gasteiger partial charge >= 0.3 is 0 Å². The van der Waals surface area contributed by atoms with Crippen LogP contribution >= 0.6 is 68.6 Å². The molecule has 6 nitrogen and oxygen atoms in total. The summed E-state index contributed by atoms with van der Waals surface area (Å²) in [5.41, 5.74) is 44.9. The van der Waals surface area contributed by atoms with Crippen molar-refractivity contribution < 1.29 is 9.47 Å². The second-order valence-corrected chi connectivity index (χ2v) is 40.4. The molecular formula is C120H112I2N4O2S2. The van der Waals surface area contributed by atoms with E-state index in [1.807, 2.05) is 6.92 Å². The van der Waals surface area contributed by atoms with Gasteiger partial charge in [-0.3, -0.25) is 0 Å². The van der Waals surface area contributed by atoms with Crippen LogP contribution in [-0.2, 0) is 0 Å². The summed E-state index contributed by atoms with van der Waals surface area (Å²) in [6.45, 7) is 14.5. The maximum atomic E-state index is 6.74. The maximum absolute atomic E-state index is 6.74. The molecule has 0 N–H and O–H groups in total. The molecule has 0 atom stereocenters. The number of aromatic nitrogens is 4. The summed E-state index contributed by atoms with van der Waals surface area (Å²) < 4.78 is 33.8. The zero-order valence-electron chi connectivity index (χ0n) is 75.8. The van der Waals surface area contributed by atoms with E-state index < -0.39 is 0 Å². The summed E-state index contributed by atoms with van der Waals surface area (Å²) in [7, 11) is 0. The molecule has 12 aliphatic carbocycles. The van der Waals surface area contributed by atoms with E-state index in [1.54, 1.807) is 0 Å². The highest BCUT2D eigenvalue weighted by atomic mass is 127. The molecule has 2 aromatic heterocycles. The topological polar surface area (TPSA) is 70.0 Å². The number of fused-ring (bicyclic) bond motifs is 2. The minimum Gasteiger partial charge on any atom is -0.493 e. The van der Waals surface area contributed by atoms with Crippen LogP contribution < -0.4 is 9.47 Å². The van der Waals surface area contributed by atoms with Crippen molar-refractivity contribution in [2.24, 2.45) is 0 Å². The quantitative estimate of drug-likeness (QED) is 0.0276. The first-order valence-corrected chi connectivity index (χ1v) is 51.9. The Morgan fingerprint density at radius 3 is 0.777 bits per heavy atom. The number of halogens is 2. The number of hydrogen-bond donors (Lipinski definition) is 0. The Hall–Kier alpha value is -10.4. The molecule has 0 fully saturated rings. The molecular weight excluding hydrogens is 1850 g/mol.